The predicted octanol–water partition coefficient (Wildman–Crippen LogP) is 2.05. The van der Waals surface area contributed by atoms with E-state index in [0.29, 0.717) is 17.7 Å². The number of rotatable bonds is 6. The number of primary sulfonamides is 1. The molecular formula is C16H17FN2O4S. The number of ether oxygens (including phenoxy) is 1. The first-order chi connectivity index (χ1) is 11.3. The Hall–Kier alpha value is -2.45. The molecule has 8 heteroatoms. The van der Waals surface area contributed by atoms with Crippen molar-refractivity contribution in [3.8, 4) is 5.75 Å². The van der Waals surface area contributed by atoms with Crippen LogP contribution in [0.3, 0.4) is 0 Å². The molecule has 0 aliphatic carbocycles. The Labute approximate surface area is 139 Å². The van der Waals surface area contributed by atoms with Crippen LogP contribution in [0.1, 0.15) is 12.0 Å². The first kappa shape index (κ1) is 17.9. The zero-order valence-electron chi connectivity index (χ0n) is 13.0. The molecule has 0 spiro atoms. The Bertz CT molecular complexity index is 853. The van der Waals surface area contributed by atoms with Crippen LogP contribution in [0, 0.1) is 5.82 Å². The molecule has 2 aromatic carbocycles. The second-order valence-electron chi connectivity index (χ2n) is 5.09. The standard InChI is InChI=1S/C16H17FN2O4S/c1-23-15-7-6-13(24(18,21)22)10-14(15)19-16(20)8-5-11-3-2-4-12(17)9-11/h2-4,6-7,9-10H,5,8H2,1H3,(H,19,20)(H2,18,21,22). The third-order valence-electron chi connectivity index (χ3n) is 3.30. The van der Waals surface area contributed by atoms with Gasteiger partial charge in [-0.1, -0.05) is 12.1 Å². The van der Waals surface area contributed by atoms with Gasteiger partial charge in [-0.15, -0.1) is 0 Å². The van der Waals surface area contributed by atoms with Crippen molar-refractivity contribution >= 4 is 21.6 Å². The second-order valence-corrected chi connectivity index (χ2v) is 6.65. The lowest BCUT2D eigenvalue weighted by atomic mass is 10.1. The number of nitrogens with one attached hydrogen (secondary N) is 1. The summed E-state index contributed by atoms with van der Waals surface area (Å²) in [6.07, 6.45) is 0.451. The number of anilines is 1. The highest BCUT2D eigenvalue weighted by Crippen LogP contribution is 2.27. The number of sulfonamides is 1. The van der Waals surface area contributed by atoms with E-state index < -0.39 is 10.0 Å². The summed E-state index contributed by atoms with van der Waals surface area (Å²) in [5, 5.41) is 7.66. The van der Waals surface area contributed by atoms with Crippen LogP contribution in [0.4, 0.5) is 10.1 Å². The molecule has 0 unspecified atom stereocenters. The normalized spacial score (nSPS) is 11.1. The molecule has 128 valence electrons. The molecule has 0 heterocycles. The summed E-state index contributed by atoms with van der Waals surface area (Å²) in [4.78, 5) is 11.9. The highest BCUT2D eigenvalue weighted by molar-refractivity contribution is 7.89. The highest BCUT2D eigenvalue weighted by Gasteiger charge is 2.14. The highest BCUT2D eigenvalue weighted by atomic mass is 32.2. The van der Waals surface area contributed by atoms with E-state index in [1.54, 1.807) is 12.1 Å². The van der Waals surface area contributed by atoms with E-state index in [0.717, 1.165) is 0 Å². The first-order valence-electron chi connectivity index (χ1n) is 7.05. The van der Waals surface area contributed by atoms with Crippen molar-refractivity contribution in [1.82, 2.24) is 0 Å². The molecule has 0 fully saturated rings. The minimum absolute atomic E-state index is 0.103. The van der Waals surface area contributed by atoms with Crippen LogP contribution < -0.4 is 15.2 Å². The molecule has 0 aliphatic heterocycles. The van der Waals surface area contributed by atoms with E-state index in [2.05, 4.69) is 5.32 Å². The molecule has 24 heavy (non-hydrogen) atoms. The fourth-order valence-electron chi connectivity index (χ4n) is 2.12. The third kappa shape index (κ3) is 4.77. The summed E-state index contributed by atoms with van der Waals surface area (Å²) in [5.74, 6) is -0.416. The summed E-state index contributed by atoms with van der Waals surface area (Å²) < 4.78 is 41.0. The number of nitrogens with two attached hydrogens (primary N) is 1. The zero-order chi connectivity index (χ0) is 17.7. The topological polar surface area (TPSA) is 98.5 Å². The van der Waals surface area contributed by atoms with Gasteiger partial charge in [-0.25, -0.2) is 17.9 Å². The number of aryl methyl sites for hydroxylation is 1. The average Bonchev–Trinajstić information content (AvgIpc) is 2.52. The molecule has 0 saturated heterocycles. The molecular weight excluding hydrogens is 335 g/mol. The van der Waals surface area contributed by atoms with E-state index in [1.807, 2.05) is 0 Å². The van der Waals surface area contributed by atoms with Crippen molar-refractivity contribution < 1.29 is 22.3 Å². The van der Waals surface area contributed by atoms with Gasteiger partial charge >= 0.3 is 0 Å². The predicted molar refractivity (Wildman–Crippen MR) is 87.7 cm³/mol. The van der Waals surface area contributed by atoms with Gasteiger partial charge in [0.15, 0.2) is 0 Å². The first-order valence-corrected chi connectivity index (χ1v) is 8.59. The minimum atomic E-state index is -3.89. The lowest BCUT2D eigenvalue weighted by molar-refractivity contribution is -0.116. The summed E-state index contributed by atoms with van der Waals surface area (Å²) >= 11 is 0. The number of methoxy groups -OCH3 is 1. The van der Waals surface area contributed by atoms with Gasteiger partial charge in [-0.3, -0.25) is 4.79 Å². The van der Waals surface area contributed by atoms with Crippen molar-refractivity contribution in [3.05, 3.63) is 53.8 Å². The fourth-order valence-corrected chi connectivity index (χ4v) is 2.66. The van der Waals surface area contributed by atoms with Crippen LogP contribution in [-0.2, 0) is 21.2 Å². The maximum Gasteiger partial charge on any atom is 0.238 e. The van der Waals surface area contributed by atoms with Crippen LogP contribution in [-0.4, -0.2) is 21.4 Å². The molecule has 1 amide bonds. The Morgan fingerprint density at radius 3 is 2.62 bits per heavy atom. The van der Waals surface area contributed by atoms with Gasteiger partial charge in [0.05, 0.1) is 17.7 Å². The zero-order valence-corrected chi connectivity index (χ0v) is 13.8. The monoisotopic (exact) mass is 352 g/mol. The maximum atomic E-state index is 13.1. The lowest BCUT2D eigenvalue weighted by Gasteiger charge is -2.11. The van der Waals surface area contributed by atoms with Crippen molar-refractivity contribution in [2.24, 2.45) is 5.14 Å². The molecule has 0 aliphatic rings. The number of amides is 1. The van der Waals surface area contributed by atoms with Crippen LogP contribution in [0.15, 0.2) is 47.4 Å². The van der Waals surface area contributed by atoms with Crippen LogP contribution >= 0.6 is 0 Å². The SMILES string of the molecule is COc1ccc(S(N)(=O)=O)cc1NC(=O)CCc1cccc(F)c1. The van der Waals surface area contributed by atoms with Gasteiger partial charge in [-0.2, -0.15) is 0 Å². The van der Waals surface area contributed by atoms with Gasteiger partial charge in [-0.05, 0) is 42.3 Å². The van der Waals surface area contributed by atoms with Gasteiger partial charge < -0.3 is 10.1 Å². The molecule has 6 nitrogen and oxygen atoms in total. The molecule has 0 radical (unpaired) electrons. The Morgan fingerprint density at radius 2 is 2.00 bits per heavy atom. The Balaban J connectivity index is 2.10. The number of carbonyl (C=O) groups is 1. The Kier molecular flexibility index (Phi) is 5.53. The van der Waals surface area contributed by atoms with Gasteiger partial charge in [0.25, 0.3) is 0 Å². The molecule has 0 aromatic heterocycles. The van der Waals surface area contributed by atoms with Crippen LogP contribution in [0.2, 0.25) is 0 Å². The molecule has 2 aromatic rings. The van der Waals surface area contributed by atoms with Crippen molar-refractivity contribution in [3.63, 3.8) is 0 Å². The molecule has 3 N–H and O–H groups in total. The minimum Gasteiger partial charge on any atom is -0.495 e. The molecule has 2 rings (SSSR count). The van der Waals surface area contributed by atoms with Crippen LogP contribution in [0.25, 0.3) is 0 Å². The summed E-state index contributed by atoms with van der Waals surface area (Å²) in [7, 11) is -2.50. The summed E-state index contributed by atoms with van der Waals surface area (Å²) in [5.41, 5.74) is 0.892. The fraction of sp³-hybridized carbons (Fsp3) is 0.188. The van der Waals surface area contributed by atoms with Gasteiger partial charge in [0.2, 0.25) is 15.9 Å². The smallest absolute Gasteiger partial charge is 0.238 e. The second kappa shape index (κ2) is 7.41. The number of halogens is 1. The summed E-state index contributed by atoms with van der Waals surface area (Å²) in [6.45, 7) is 0. The van der Waals surface area contributed by atoms with Gasteiger partial charge in [0.1, 0.15) is 11.6 Å². The van der Waals surface area contributed by atoms with Crippen molar-refractivity contribution in [1.29, 1.82) is 0 Å². The number of hydrogen-bond donors (Lipinski definition) is 2. The summed E-state index contributed by atoms with van der Waals surface area (Å²) in [6, 6.07) is 9.90. The van der Waals surface area contributed by atoms with Crippen molar-refractivity contribution in [2.75, 3.05) is 12.4 Å². The number of benzene rings is 2. The Morgan fingerprint density at radius 1 is 1.25 bits per heavy atom. The van der Waals surface area contributed by atoms with E-state index in [-0.39, 0.29) is 28.7 Å². The third-order valence-corrected chi connectivity index (χ3v) is 4.21. The number of carbonyl (C=O) groups excluding carboxylic acids is 1. The quantitative estimate of drug-likeness (QED) is 0.831. The number of hydrogen-bond acceptors (Lipinski definition) is 4. The lowest BCUT2D eigenvalue weighted by Crippen LogP contribution is -2.15. The molecule has 0 saturated carbocycles. The average molecular weight is 352 g/mol. The molecule has 0 atom stereocenters. The van der Waals surface area contributed by atoms with Gasteiger partial charge in [0, 0.05) is 6.42 Å². The van der Waals surface area contributed by atoms with E-state index >= 15 is 0 Å². The van der Waals surface area contributed by atoms with E-state index in [1.165, 1.54) is 37.4 Å². The largest absolute Gasteiger partial charge is 0.495 e. The maximum absolute atomic E-state index is 13.1. The van der Waals surface area contributed by atoms with Crippen LogP contribution in [0.5, 0.6) is 5.75 Å². The van der Waals surface area contributed by atoms with Crippen molar-refractivity contribution in [2.45, 2.75) is 17.7 Å². The van der Waals surface area contributed by atoms with E-state index in [4.69, 9.17) is 9.88 Å². The van der Waals surface area contributed by atoms with E-state index in [9.17, 15) is 17.6 Å². The molecule has 0 bridgehead atoms.